The molecule has 146 valence electrons. The van der Waals surface area contributed by atoms with Crippen molar-refractivity contribution in [3.8, 4) is 0 Å². The predicted molar refractivity (Wildman–Crippen MR) is 115 cm³/mol. The summed E-state index contributed by atoms with van der Waals surface area (Å²) in [4.78, 5) is 15.3. The maximum atomic E-state index is 13.4. The number of aryl methyl sites for hydroxylation is 4. The minimum absolute atomic E-state index is 0.0268. The quantitative estimate of drug-likeness (QED) is 0.613. The zero-order chi connectivity index (χ0) is 20.4. The van der Waals surface area contributed by atoms with Crippen molar-refractivity contribution in [3.63, 3.8) is 0 Å². The summed E-state index contributed by atoms with van der Waals surface area (Å²) in [6.07, 6.45) is 0. The van der Waals surface area contributed by atoms with E-state index in [-0.39, 0.29) is 11.9 Å². The molecule has 0 aliphatic carbocycles. The van der Waals surface area contributed by atoms with E-state index in [1.54, 1.807) is 0 Å². The fourth-order valence-corrected chi connectivity index (χ4v) is 3.55. The molecule has 2 aromatic carbocycles. The van der Waals surface area contributed by atoms with Crippen LogP contribution >= 0.6 is 0 Å². The third-order valence-electron chi connectivity index (χ3n) is 4.97. The maximum absolute atomic E-state index is 13.4. The van der Waals surface area contributed by atoms with Crippen molar-refractivity contribution in [2.75, 3.05) is 4.90 Å². The molecule has 0 radical (unpaired) electrons. The SMILES string of the molecule is Cc1ccc(C)c(N(C(=O)c2cccc(Cn3nc(C)cc3C)c2)C(C)C)c1. The molecule has 0 N–H and O–H groups in total. The third kappa shape index (κ3) is 4.16. The maximum Gasteiger partial charge on any atom is 0.258 e. The third-order valence-corrected chi connectivity index (χ3v) is 4.97. The molecule has 0 spiro atoms. The van der Waals surface area contributed by atoms with E-state index in [2.05, 4.69) is 64.0 Å². The number of benzene rings is 2. The van der Waals surface area contributed by atoms with Crippen molar-refractivity contribution in [2.45, 2.75) is 54.1 Å². The fourth-order valence-electron chi connectivity index (χ4n) is 3.55. The van der Waals surface area contributed by atoms with Gasteiger partial charge in [-0.3, -0.25) is 9.48 Å². The number of nitrogens with zero attached hydrogens (tertiary/aromatic N) is 3. The Balaban J connectivity index is 1.94. The highest BCUT2D eigenvalue weighted by Crippen LogP contribution is 2.26. The zero-order valence-electron chi connectivity index (χ0n) is 17.7. The number of carbonyl (C=O) groups excluding carboxylic acids is 1. The Bertz CT molecular complexity index is 1000. The summed E-state index contributed by atoms with van der Waals surface area (Å²) in [6, 6.07) is 16.3. The highest BCUT2D eigenvalue weighted by Gasteiger charge is 2.22. The predicted octanol–water partition coefficient (Wildman–Crippen LogP) is 5.22. The molecular weight excluding hydrogens is 346 g/mol. The van der Waals surface area contributed by atoms with Gasteiger partial charge in [-0.15, -0.1) is 0 Å². The van der Waals surface area contributed by atoms with Crippen LogP contribution in [0.15, 0.2) is 48.5 Å². The van der Waals surface area contributed by atoms with Crippen LogP contribution in [0.5, 0.6) is 0 Å². The van der Waals surface area contributed by atoms with Gasteiger partial charge in [0.05, 0.1) is 12.2 Å². The number of rotatable bonds is 5. The first kappa shape index (κ1) is 19.9. The van der Waals surface area contributed by atoms with Gasteiger partial charge < -0.3 is 4.90 Å². The Hall–Kier alpha value is -2.88. The Morgan fingerprint density at radius 2 is 1.79 bits per heavy atom. The van der Waals surface area contributed by atoms with Crippen molar-refractivity contribution < 1.29 is 4.79 Å². The summed E-state index contributed by atoms with van der Waals surface area (Å²) in [5.41, 5.74) is 7.13. The molecule has 28 heavy (non-hydrogen) atoms. The van der Waals surface area contributed by atoms with Gasteiger partial charge >= 0.3 is 0 Å². The smallest absolute Gasteiger partial charge is 0.258 e. The van der Waals surface area contributed by atoms with Crippen LogP contribution in [-0.4, -0.2) is 21.7 Å². The van der Waals surface area contributed by atoms with Crippen LogP contribution in [-0.2, 0) is 6.54 Å². The molecule has 0 atom stereocenters. The molecule has 1 amide bonds. The number of amides is 1. The van der Waals surface area contributed by atoms with Gasteiger partial charge in [-0.2, -0.15) is 5.10 Å². The first-order valence-electron chi connectivity index (χ1n) is 9.77. The van der Waals surface area contributed by atoms with E-state index >= 15 is 0 Å². The monoisotopic (exact) mass is 375 g/mol. The van der Waals surface area contributed by atoms with Gasteiger partial charge in [0, 0.05) is 23.0 Å². The highest BCUT2D eigenvalue weighted by molar-refractivity contribution is 6.07. The summed E-state index contributed by atoms with van der Waals surface area (Å²) in [5, 5.41) is 4.53. The summed E-state index contributed by atoms with van der Waals surface area (Å²) >= 11 is 0. The average Bonchev–Trinajstić information content (AvgIpc) is 2.95. The van der Waals surface area contributed by atoms with Crippen molar-refractivity contribution in [1.29, 1.82) is 0 Å². The van der Waals surface area contributed by atoms with Crippen molar-refractivity contribution in [2.24, 2.45) is 0 Å². The van der Waals surface area contributed by atoms with Gasteiger partial charge in [0.1, 0.15) is 0 Å². The van der Waals surface area contributed by atoms with Crippen LogP contribution in [0.1, 0.15) is 52.3 Å². The summed E-state index contributed by atoms with van der Waals surface area (Å²) in [6.45, 7) is 12.9. The lowest BCUT2D eigenvalue weighted by Crippen LogP contribution is -2.37. The summed E-state index contributed by atoms with van der Waals surface area (Å²) in [7, 11) is 0. The fraction of sp³-hybridized carbons (Fsp3) is 0.333. The lowest BCUT2D eigenvalue weighted by molar-refractivity contribution is 0.0980. The number of aromatic nitrogens is 2. The summed E-state index contributed by atoms with van der Waals surface area (Å²) in [5.74, 6) is 0.0268. The van der Waals surface area contributed by atoms with Gasteiger partial charge in [-0.05, 0) is 82.5 Å². The topological polar surface area (TPSA) is 38.1 Å². The molecule has 3 aromatic rings. The Morgan fingerprint density at radius 1 is 1.04 bits per heavy atom. The first-order chi connectivity index (χ1) is 13.3. The van der Waals surface area contributed by atoms with Crippen LogP contribution in [0.2, 0.25) is 0 Å². The molecule has 0 aliphatic rings. The van der Waals surface area contributed by atoms with E-state index in [9.17, 15) is 4.79 Å². The summed E-state index contributed by atoms with van der Waals surface area (Å²) < 4.78 is 1.98. The average molecular weight is 376 g/mol. The highest BCUT2D eigenvalue weighted by atomic mass is 16.2. The minimum Gasteiger partial charge on any atom is -0.306 e. The largest absolute Gasteiger partial charge is 0.306 e. The van der Waals surface area contributed by atoms with E-state index < -0.39 is 0 Å². The van der Waals surface area contributed by atoms with Crippen molar-refractivity contribution in [1.82, 2.24) is 9.78 Å². The second kappa shape index (κ2) is 8.01. The standard InChI is InChI=1S/C24H29N3O/c1-16(2)27(23-12-17(3)10-11-18(23)4)24(28)22-9-7-8-21(14-22)15-26-20(6)13-19(5)25-26/h7-14,16H,15H2,1-6H3. The van der Waals surface area contributed by atoms with E-state index in [1.165, 1.54) is 0 Å². The van der Waals surface area contributed by atoms with E-state index in [1.807, 2.05) is 40.8 Å². The molecule has 1 heterocycles. The van der Waals surface area contributed by atoms with Gasteiger partial charge in [-0.25, -0.2) is 0 Å². The Labute approximate surface area is 167 Å². The first-order valence-corrected chi connectivity index (χ1v) is 9.77. The molecule has 0 saturated carbocycles. The molecule has 0 saturated heterocycles. The van der Waals surface area contributed by atoms with Gasteiger partial charge in [0.25, 0.3) is 5.91 Å². The number of anilines is 1. The Kier molecular flexibility index (Phi) is 5.68. The van der Waals surface area contributed by atoms with Crippen molar-refractivity contribution >= 4 is 11.6 Å². The Morgan fingerprint density at radius 3 is 2.43 bits per heavy atom. The van der Waals surface area contributed by atoms with E-state index in [4.69, 9.17) is 0 Å². The molecular formula is C24H29N3O. The molecule has 0 bridgehead atoms. The van der Waals surface area contributed by atoms with Gasteiger partial charge in [0.15, 0.2) is 0 Å². The minimum atomic E-state index is 0.0268. The van der Waals surface area contributed by atoms with Crippen molar-refractivity contribution in [3.05, 3.63) is 82.2 Å². The van der Waals surface area contributed by atoms with Crippen LogP contribution in [0, 0.1) is 27.7 Å². The lowest BCUT2D eigenvalue weighted by atomic mass is 10.1. The van der Waals surface area contributed by atoms with Gasteiger partial charge in [0.2, 0.25) is 0 Å². The van der Waals surface area contributed by atoms with E-state index in [0.717, 1.165) is 33.8 Å². The second-order valence-electron chi connectivity index (χ2n) is 7.84. The van der Waals surface area contributed by atoms with Crippen LogP contribution in [0.3, 0.4) is 0 Å². The molecule has 0 aliphatic heterocycles. The zero-order valence-corrected chi connectivity index (χ0v) is 17.7. The normalized spacial score (nSPS) is 11.1. The lowest BCUT2D eigenvalue weighted by Gasteiger charge is -2.29. The van der Waals surface area contributed by atoms with Crippen LogP contribution < -0.4 is 4.90 Å². The number of hydrogen-bond acceptors (Lipinski definition) is 2. The molecule has 1 aromatic heterocycles. The second-order valence-corrected chi connectivity index (χ2v) is 7.84. The number of hydrogen-bond donors (Lipinski definition) is 0. The molecule has 0 unspecified atom stereocenters. The molecule has 0 fully saturated rings. The molecule has 4 heteroatoms. The number of carbonyl (C=O) groups is 1. The molecule has 4 nitrogen and oxygen atoms in total. The van der Waals surface area contributed by atoms with Gasteiger partial charge in [-0.1, -0.05) is 24.3 Å². The van der Waals surface area contributed by atoms with Crippen LogP contribution in [0.25, 0.3) is 0 Å². The van der Waals surface area contributed by atoms with E-state index in [0.29, 0.717) is 12.1 Å². The molecule has 3 rings (SSSR count). The van der Waals surface area contributed by atoms with Crippen LogP contribution in [0.4, 0.5) is 5.69 Å².